The van der Waals surface area contributed by atoms with Crippen molar-refractivity contribution < 1.29 is 4.74 Å². The first-order valence-electron chi connectivity index (χ1n) is 7.00. The van der Waals surface area contributed by atoms with Crippen molar-refractivity contribution in [3.8, 4) is 0 Å². The third-order valence-corrected chi connectivity index (χ3v) is 4.04. The molecule has 2 saturated heterocycles. The third-order valence-electron chi connectivity index (χ3n) is 4.04. The van der Waals surface area contributed by atoms with Gasteiger partial charge < -0.3 is 15.0 Å². The second-order valence-electron chi connectivity index (χ2n) is 5.47. The molecular weight excluding hydrogens is 214 g/mol. The molecule has 2 rings (SSSR count). The van der Waals surface area contributed by atoms with E-state index in [1.807, 2.05) is 0 Å². The highest BCUT2D eigenvalue weighted by Crippen LogP contribution is 2.10. The predicted octanol–water partition coefficient (Wildman–Crippen LogP) is 0.391. The summed E-state index contributed by atoms with van der Waals surface area (Å²) >= 11 is 0. The van der Waals surface area contributed by atoms with Gasteiger partial charge in [-0.05, 0) is 26.8 Å². The Morgan fingerprint density at radius 3 is 2.94 bits per heavy atom. The van der Waals surface area contributed by atoms with Crippen molar-refractivity contribution in [2.24, 2.45) is 0 Å². The van der Waals surface area contributed by atoms with E-state index in [4.69, 9.17) is 4.74 Å². The van der Waals surface area contributed by atoms with Crippen molar-refractivity contribution in [1.82, 2.24) is 15.1 Å². The fraction of sp³-hybridized carbons (Fsp3) is 1.00. The number of nitrogens with one attached hydrogen (secondary N) is 1. The summed E-state index contributed by atoms with van der Waals surface area (Å²) in [6, 6.07) is 0.696. The van der Waals surface area contributed by atoms with E-state index < -0.39 is 0 Å². The van der Waals surface area contributed by atoms with Gasteiger partial charge in [0, 0.05) is 51.9 Å². The molecule has 0 spiro atoms. The Kier molecular flexibility index (Phi) is 5.22. The summed E-state index contributed by atoms with van der Waals surface area (Å²) in [5.74, 6) is 0. The minimum absolute atomic E-state index is 0.474. The molecule has 0 saturated carbocycles. The van der Waals surface area contributed by atoms with E-state index in [9.17, 15) is 0 Å². The van der Waals surface area contributed by atoms with Crippen LogP contribution in [0.15, 0.2) is 0 Å². The first kappa shape index (κ1) is 13.3. The molecule has 2 heterocycles. The highest BCUT2D eigenvalue weighted by molar-refractivity contribution is 4.77. The van der Waals surface area contributed by atoms with E-state index in [-0.39, 0.29) is 0 Å². The van der Waals surface area contributed by atoms with Gasteiger partial charge >= 0.3 is 0 Å². The molecule has 0 aromatic heterocycles. The summed E-state index contributed by atoms with van der Waals surface area (Å²) < 4.78 is 5.59. The Labute approximate surface area is 105 Å². The van der Waals surface area contributed by atoms with E-state index in [0.717, 1.165) is 19.7 Å². The van der Waals surface area contributed by atoms with Gasteiger partial charge in [0.1, 0.15) is 0 Å². The Balaban J connectivity index is 1.53. The first-order chi connectivity index (χ1) is 8.25. The van der Waals surface area contributed by atoms with Crippen LogP contribution in [0.25, 0.3) is 0 Å². The summed E-state index contributed by atoms with van der Waals surface area (Å²) in [4.78, 5) is 5.00. The highest BCUT2D eigenvalue weighted by atomic mass is 16.5. The Morgan fingerprint density at radius 1 is 1.35 bits per heavy atom. The molecule has 0 bridgehead atoms. The van der Waals surface area contributed by atoms with E-state index in [1.54, 1.807) is 0 Å². The SMILES string of the molecule is CC1CN(CCNCC2CCCO2)CCN1C. The number of nitrogens with zero attached hydrogens (tertiary/aromatic N) is 2. The van der Waals surface area contributed by atoms with Crippen LogP contribution in [0.3, 0.4) is 0 Å². The molecule has 2 atom stereocenters. The third kappa shape index (κ3) is 4.21. The maximum atomic E-state index is 5.59. The van der Waals surface area contributed by atoms with Crippen LogP contribution < -0.4 is 5.32 Å². The van der Waals surface area contributed by atoms with Crippen molar-refractivity contribution in [3.05, 3.63) is 0 Å². The van der Waals surface area contributed by atoms with Crippen molar-refractivity contribution >= 4 is 0 Å². The van der Waals surface area contributed by atoms with Crippen LogP contribution in [0.1, 0.15) is 19.8 Å². The fourth-order valence-corrected chi connectivity index (χ4v) is 2.63. The van der Waals surface area contributed by atoms with Gasteiger partial charge in [-0.3, -0.25) is 4.90 Å². The van der Waals surface area contributed by atoms with Crippen LogP contribution in [0.5, 0.6) is 0 Å². The standard InChI is InChI=1S/C13H27N3O/c1-12-11-16(8-7-15(12)2)6-5-14-10-13-4-3-9-17-13/h12-14H,3-11H2,1-2H3. The molecule has 2 fully saturated rings. The summed E-state index contributed by atoms with van der Waals surface area (Å²) in [6.07, 6.45) is 2.95. The molecule has 0 amide bonds. The molecule has 0 aromatic carbocycles. The van der Waals surface area contributed by atoms with E-state index in [2.05, 4.69) is 29.1 Å². The van der Waals surface area contributed by atoms with E-state index >= 15 is 0 Å². The van der Waals surface area contributed by atoms with Crippen molar-refractivity contribution in [2.75, 3.05) is 52.9 Å². The summed E-state index contributed by atoms with van der Waals surface area (Å²) in [6.45, 7) is 10.2. The van der Waals surface area contributed by atoms with Gasteiger partial charge in [0.25, 0.3) is 0 Å². The largest absolute Gasteiger partial charge is 0.377 e. The Hall–Kier alpha value is -0.160. The van der Waals surface area contributed by atoms with Crippen molar-refractivity contribution in [1.29, 1.82) is 0 Å². The Bertz CT molecular complexity index is 219. The molecule has 0 aromatic rings. The lowest BCUT2D eigenvalue weighted by Crippen LogP contribution is -2.51. The molecule has 2 unspecified atom stereocenters. The maximum absolute atomic E-state index is 5.59. The number of rotatable bonds is 5. The van der Waals surface area contributed by atoms with Gasteiger partial charge in [-0.1, -0.05) is 0 Å². The smallest absolute Gasteiger partial charge is 0.0700 e. The van der Waals surface area contributed by atoms with Gasteiger partial charge in [0.05, 0.1) is 6.10 Å². The average molecular weight is 241 g/mol. The average Bonchev–Trinajstić information content (AvgIpc) is 2.82. The molecule has 100 valence electrons. The fourth-order valence-electron chi connectivity index (χ4n) is 2.63. The van der Waals surface area contributed by atoms with Crippen molar-refractivity contribution in [2.45, 2.75) is 31.9 Å². The normalized spacial score (nSPS) is 32.1. The van der Waals surface area contributed by atoms with Crippen molar-refractivity contribution in [3.63, 3.8) is 0 Å². The highest BCUT2D eigenvalue weighted by Gasteiger charge is 2.20. The summed E-state index contributed by atoms with van der Waals surface area (Å²) in [5.41, 5.74) is 0. The number of hydrogen-bond donors (Lipinski definition) is 1. The zero-order chi connectivity index (χ0) is 12.1. The molecule has 0 aliphatic carbocycles. The lowest BCUT2D eigenvalue weighted by Gasteiger charge is -2.37. The van der Waals surface area contributed by atoms with Gasteiger partial charge in [-0.2, -0.15) is 0 Å². The topological polar surface area (TPSA) is 27.7 Å². The molecule has 1 N–H and O–H groups in total. The molecule has 2 aliphatic rings. The van der Waals surface area contributed by atoms with Crippen LogP contribution in [-0.2, 0) is 4.74 Å². The molecule has 4 heteroatoms. The molecule has 2 aliphatic heterocycles. The van der Waals surface area contributed by atoms with Crippen LogP contribution in [0, 0.1) is 0 Å². The van der Waals surface area contributed by atoms with E-state index in [0.29, 0.717) is 12.1 Å². The Morgan fingerprint density at radius 2 is 2.24 bits per heavy atom. The predicted molar refractivity (Wildman–Crippen MR) is 70.4 cm³/mol. The molecular formula is C13H27N3O. The van der Waals surface area contributed by atoms with Gasteiger partial charge in [0.15, 0.2) is 0 Å². The minimum Gasteiger partial charge on any atom is -0.377 e. The molecule has 0 radical (unpaired) electrons. The van der Waals surface area contributed by atoms with Gasteiger partial charge in [0.2, 0.25) is 0 Å². The summed E-state index contributed by atoms with van der Waals surface area (Å²) in [5, 5.41) is 3.52. The number of likely N-dealkylation sites (N-methyl/N-ethyl adjacent to an activating group) is 1. The first-order valence-corrected chi connectivity index (χ1v) is 7.00. The molecule has 4 nitrogen and oxygen atoms in total. The zero-order valence-corrected chi connectivity index (χ0v) is 11.3. The number of piperazine rings is 1. The van der Waals surface area contributed by atoms with Crippen LogP contribution >= 0.6 is 0 Å². The van der Waals surface area contributed by atoms with Crippen LogP contribution in [-0.4, -0.2) is 74.9 Å². The maximum Gasteiger partial charge on any atom is 0.0700 e. The lowest BCUT2D eigenvalue weighted by atomic mass is 10.2. The molecule has 17 heavy (non-hydrogen) atoms. The minimum atomic E-state index is 0.474. The van der Waals surface area contributed by atoms with Gasteiger partial charge in [-0.25, -0.2) is 0 Å². The van der Waals surface area contributed by atoms with Gasteiger partial charge in [-0.15, -0.1) is 0 Å². The number of hydrogen-bond acceptors (Lipinski definition) is 4. The van der Waals surface area contributed by atoms with Crippen LogP contribution in [0.4, 0.5) is 0 Å². The quantitative estimate of drug-likeness (QED) is 0.705. The second kappa shape index (κ2) is 6.69. The zero-order valence-electron chi connectivity index (χ0n) is 11.3. The summed E-state index contributed by atoms with van der Waals surface area (Å²) in [7, 11) is 2.22. The van der Waals surface area contributed by atoms with E-state index in [1.165, 1.54) is 39.0 Å². The second-order valence-corrected chi connectivity index (χ2v) is 5.47. The monoisotopic (exact) mass is 241 g/mol. The lowest BCUT2D eigenvalue weighted by molar-refractivity contribution is 0.0975. The van der Waals surface area contributed by atoms with Crippen LogP contribution in [0.2, 0.25) is 0 Å². The number of ether oxygens (including phenoxy) is 1.